The lowest BCUT2D eigenvalue weighted by Crippen LogP contribution is -2.34. The van der Waals surface area contributed by atoms with E-state index in [0.717, 1.165) is 12.1 Å². The van der Waals surface area contributed by atoms with Crippen LogP contribution >= 0.6 is 0 Å². The van der Waals surface area contributed by atoms with Gasteiger partial charge in [0.05, 0.1) is 6.20 Å². The van der Waals surface area contributed by atoms with Crippen LogP contribution in [0, 0.1) is 0 Å². The largest absolute Gasteiger partial charge is 0.244 e. The van der Waals surface area contributed by atoms with E-state index in [1.165, 1.54) is 44.0 Å². The Balaban J connectivity index is 1.88. The van der Waals surface area contributed by atoms with Crippen LogP contribution in [0.1, 0.15) is 45.4 Å². The number of nitrogens with zero attached hydrogens (tertiary/aromatic N) is 2. The molecule has 2 heteroatoms. The third-order valence-corrected chi connectivity index (χ3v) is 3.40. The highest BCUT2D eigenvalue weighted by Gasteiger charge is 2.07. The van der Waals surface area contributed by atoms with Crippen LogP contribution in [0.3, 0.4) is 0 Å². The van der Waals surface area contributed by atoms with Crippen molar-refractivity contribution in [1.82, 2.24) is 4.98 Å². The van der Waals surface area contributed by atoms with Gasteiger partial charge < -0.3 is 0 Å². The van der Waals surface area contributed by atoms with Gasteiger partial charge in [-0.1, -0.05) is 44.7 Å². The SMILES string of the molecule is CCCCCCCC[n+]1ccnc2ccccc21. The van der Waals surface area contributed by atoms with E-state index < -0.39 is 0 Å². The van der Waals surface area contributed by atoms with Gasteiger partial charge in [0.1, 0.15) is 12.1 Å². The fourth-order valence-corrected chi connectivity index (χ4v) is 2.35. The summed E-state index contributed by atoms with van der Waals surface area (Å²) in [4.78, 5) is 4.39. The smallest absolute Gasteiger partial charge is 0.231 e. The van der Waals surface area contributed by atoms with Crippen LogP contribution in [0.4, 0.5) is 0 Å². The summed E-state index contributed by atoms with van der Waals surface area (Å²) < 4.78 is 2.32. The summed E-state index contributed by atoms with van der Waals surface area (Å²) in [6, 6.07) is 8.36. The molecule has 2 nitrogen and oxygen atoms in total. The standard InChI is InChI=1S/C16H23N2/c1-2-3-4-5-6-9-13-18-14-12-17-15-10-7-8-11-16(15)18/h7-8,10-12,14H,2-6,9,13H2,1H3/q+1. The summed E-state index contributed by atoms with van der Waals surface area (Å²) in [5, 5.41) is 0. The maximum Gasteiger partial charge on any atom is 0.231 e. The average molecular weight is 243 g/mol. The lowest BCUT2D eigenvalue weighted by atomic mass is 10.1. The molecule has 0 atom stereocenters. The fourth-order valence-electron chi connectivity index (χ4n) is 2.35. The van der Waals surface area contributed by atoms with Crippen molar-refractivity contribution >= 4 is 11.0 Å². The quantitative estimate of drug-likeness (QED) is 0.532. The molecule has 0 unspecified atom stereocenters. The molecule has 0 saturated carbocycles. The van der Waals surface area contributed by atoms with E-state index in [-0.39, 0.29) is 0 Å². The predicted molar refractivity (Wildman–Crippen MR) is 75.3 cm³/mol. The lowest BCUT2D eigenvalue weighted by molar-refractivity contribution is -0.672. The molecule has 1 heterocycles. The van der Waals surface area contributed by atoms with Crippen LogP contribution in [-0.2, 0) is 6.54 Å². The van der Waals surface area contributed by atoms with E-state index in [1.54, 1.807) is 0 Å². The first-order chi connectivity index (χ1) is 8.92. The Kier molecular flexibility index (Phi) is 5.13. The van der Waals surface area contributed by atoms with Crippen molar-refractivity contribution in [1.29, 1.82) is 0 Å². The maximum atomic E-state index is 4.39. The number of para-hydroxylation sites is 2. The minimum absolute atomic E-state index is 1.09. The summed E-state index contributed by atoms with van der Waals surface area (Å²) in [5.74, 6) is 0. The summed E-state index contributed by atoms with van der Waals surface area (Å²) in [7, 11) is 0. The molecule has 96 valence electrons. The minimum atomic E-state index is 1.09. The molecule has 0 saturated heterocycles. The molecule has 0 aliphatic heterocycles. The number of aromatic nitrogens is 2. The van der Waals surface area contributed by atoms with Gasteiger partial charge in [0.15, 0.2) is 6.20 Å². The van der Waals surface area contributed by atoms with Gasteiger partial charge >= 0.3 is 0 Å². The molecule has 0 radical (unpaired) electrons. The second kappa shape index (κ2) is 7.10. The Labute approximate surface area is 110 Å². The third kappa shape index (κ3) is 3.52. The molecule has 0 bridgehead atoms. The van der Waals surface area contributed by atoms with Gasteiger partial charge in [-0.3, -0.25) is 0 Å². The molecule has 1 aromatic carbocycles. The number of unbranched alkanes of at least 4 members (excludes halogenated alkanes) is 5. The highest BCUT2D eigenvalue weighted by molar-refractivity contribution is 5.69. The Morgan fingerprint density at radius 3 is 2.67 bits per heavy atom. The van der Waals surface area contributed by atoms with Crippen molar-refractivity contribution in [2.75, 3.05) is 0 Å². The molecule has 1 aromatic heterocycles. The number of hydrogen-bond donors (Lipinski definition) is 0. The summed E-state index contributed by atoms with van der Waals surface area (Å²) in [6.45, 7) is 3.37. The van der Waals surface area contributed by atoms with Gasteiger partial charge in [0.2, 0.25) is 5.52 Å². The summed E-state index contributed by atoms with van der Waals surface area (Å²) in [6.07, 6.45) is 12.1. The van der Waals surface area contributed by atoms with Crippen LogP contribution in [0.2, 0.25) is 0 Å². The highest BCUT2D eigenvalue weighted by Crippen LogP contribution is 2.07. The minimum Gasteiger partial charge on any atom is -0.244 e. The van der Waals surface area contributed by atoms with E-state index in [0.29, 0.717) is 0 Å². The van der Waals surface area contributed by atoms with Crippen LogP contribution in [0.25, 0.3) is 11.0 Å². The first kappa shape index (κ1) is 13.0. The number of rotatable bonds is 7. The zero-order chi connectivity index (χ0) is 12.6. The van der Waals surface area contributed by atoms with Gasteiger partial charge in [-0.2, -0.15) is 4.57 Å². The van der Waals surface area contributed by atoms with E-state index in [9.17, 15) is 0 Å². The Hall–Kier alpha value is -1.44. The Morgan fingerprint density at radius 1 is 1.00 bits per heavy atom. The molecule has 0 aliphatic rings. The summed E-state index contributed by atoms with van der Waals surface area (Å²) >= 11 is 0. The molecule has 0 spiro atoms. The second-order valence-electron chi connectivity index (χ2n) is 4.88. The van der Waals surface area contributed by atoms with Gasteiger partial charge in [0.25, 0.3) is 0 Å². The van der Waals surface area contributed by atoms with Crippen LogP contribution in [0.15, 0.2) is 36.7 Å². The lowest BCUT2D eigenvalue weighted by Gasteiger charge is -2.01. The van der Waals surface area contributed by atoms with E-state index in [2.05, 4.69) is 40.9 Å². The van der Waals surface area contributed by atoms with Crippen molar-refractivity contribution in [3.8, 4) is 0 Å². The highest BCUT2D eigenvalue weighted by atomic mass is 15.0. The molecule has 18 heavy (non-hydrogen) atoms. The zero-order valence-corrected chi connectivity index (χ0v) is 11.3. The molecule has 0 amide bonds. The van der Waals surface area contributed by atoms with Crippen molar-refractivity contribution in [3.05, 3.63) is 36.7 Å². The van der Waals surface area contributed by atoms with E-state index >= 15 is 0 Å². The molecule has 0 N–H and O–H groups in total. The van der Waals surface area contributed by atoms with Gasteiger partial charge in [-0.25, -0.2) is 4.98 Å². The zero-order valence-electron chi connectivity index (χ0n) is 11.3. The Morgan fingerprint density at radius 2 is 1.78 bits per heavy atom. The average Bonchev–Trinajstić information content (AvgIpc) is 2.43. The van der Waals surface area contributed by atoms with E-state index in [4.69, 9.17) is 0 Å². The van der Waals surface area contributed by atoms with E-state index in [1.807, 2.05) is 12.3 Å². The number of aryl methyl sites for hydroxylation is 1. The van der Waals surface area contributed by atoms with Gasteiger partial charge in [-0.15, -0.1) is 0 Å². The topological polar surface area (TPSA) is 16.8 Å². The molecule has 2 aromatic rings. The first-order valence-electron chi connectivity index (χ1n) is 7.15. The van der Waals surface area contributed by atoms with Gasteiger partial charge in [-0.05, 0) is 12.5 Å². The van der Waals surface area contributed by atoms with Crippen LogP contribution < -0.4 is 4.57 Å². The fraction of sp³-hybridized carbons (Fsp3) is 0.500. The van der Waals surface area contributed by atoms with Gasteiger partial charge in [0, 0.05) is 12.5 Å². The van der Waals surface area contributed by atoms with Crippen molar-refractivity contribution < 1.29 is 4.57 Å². The van der Waals surface area contributed by atoms with Crippen LogP contribution in [-0.4, -0.2) is 4.98 Å². The van der Waals surface area contributed by atoms with Crippen molar-refractivity contribution in [2.24, 2.45) is 0 Å². The van der Waals surface area contributed by atoms with Crippen molar-refractivity contribution in [2.45, 2.75) is 52.0 Å². The molecular weight excluding hydrogens is 220 g/mol. The number of fused-ring (bicyclic) bond motifs is 1. The predicted octanol–water partition coefficient (Wildman–Crippen LogP) is 3.88. The first-order valence-corrected chi connectivity index (χ1v) is 7.15. The maximum absolute atomic E-state index is 4.39. The molecule has 0 fully saturated rings. The molecule has 2 rings (SSSR count). The second-order valence-corrected chi connectivity index (χ2v) is 4.88. The van der Waals surface area contributed by atoms with Crippen molar-refractivity contribution in [3.63, 3.8) is 0 Å². The van der Waals surface area contributed by atoms with Crippen LogP contribution in [0.5, 0.6) is 0 Å². The third-order valence-electron chi connectivity index (χ3n) is 3.40. The Bertz CT molecular complexity index is 474. The molecule has 0 aliphatic carbocycles. The summed E-state index contributed by atoms with van der Waals surface area (Å²) in [5.41, 5.74) is 2.33. The number of hydrogen-bond acceptors (Lipinski definition) is 1. The molecular formula is C16H23N2+. The normalized spacial score (nSPS) is 10.9. The number of benzene rings is 1. The monoisotopic (exact) mass is 243 g/mol.